The van der Waals surface area contributed by atoms with Crippen molar-refractivity contribution in [3.05, 3.63) is 40.2 Å². The molecule has 1 unspecified atom stereocenters. The fourth-order valence-electron chi connectivity index (χ4n) is 5.67. The summed E-state index contributed by atoms with van der Waals surface area (Å²) >= 11 is 1.65. The summed E-state index contributed by atoms with van der Waals surface area (Å²) in [5.41, 5.74) is 2.72. The van der Waals surface area contributed by atoms with Crippen molar-refractivity contribution in [1.82, 2.24) is 5.32 Å². The summed E-state index contributed by atoms with van der Waals surface area (Å²) in [5, 5.41) is 25.4. The minimum Gasteiger partial charge on any atom is -0.490 e. The molecule has 2 aliphatic heterocycles. The van der Waals surface area contributed by atoms with Gasteiger partial charge in [0.2, 0.25) is 0 Å². The van der Waals surface area contributed by atoms with E-state index in [-0.39, 0.29) is 41.3 Å². The fraction of sp³-hybridized carbons (Fsp3) is 0.652. The lowest BCUT2D eigenvalue weighted by Crippen LogP contribution is -2.52. The van der Waals surface area contributed by atoms with Crippen LogP contribution in [-0.4, -0.2) is 46.6 Å². The lowest BCUT2D eigenvalue weighted by Gasteiger charge is -2.42. The van der Waals surface area contributed by atoms with Gasteiger partial charge in [0.05, 0.1) is 31.5 Å². The molecule has 1 saturated carbocycles. The summed E-state index contributed by atoms with van der Waals surface area (Å²) in [5.74, 6) is 0.252. The number of halogens is 1. The number of thioether (sulfide) groups is 1. The molecule has 0 radical (unpaired) electrons. The summed E-state index contributed by atoms with van der Waals surface area (Å²) in [6, 6.07) is 3.71. The zero-order valence-corrected chi connectivity index (χ0v) is 18.1. The standard InChI is InChI=1S/C23H30FNO4S/c1-23(25-14(10-26)12-30-23)21-8-6-16-17(18(27)9-20(16)29-21)11-28-19-7-5-13-3-2-4-15(13)22(19)24/h5,7,12,16-18,20-21,25-27H,2-4,6,8-11H2,1H3/t16-,17-,18-,20+,21-,23?/m1/s1. The number of aliphatic hydroxyl groups excluding tert-OH is 2. The Morgan fingerprint density at radius 3 is 3.00 bits per heavy atom. The average molecular weight is 436 g/mol. The number of benzene rings is 1. The molecule has 2 fully saturated rings. The van der Waals surface area contributed by atoms with Crippen LogP contribution in [0.3, 0.4) is 0 Å². The Morgan fingerprint density at radius 1 is 1.33 bits per heavy atom. The van der Waals surface area contributed by atoms with Crippen molar-refractivity contribution in [3.63, 3.8) is 0 Å². The van der Waals surface area contributed by atoms with Gasteiger partial charge in [0.25, 0.3) is 0 Å². The molecule has 1 aromatic rings. The van der Waals surface area contributed by atoms with E-state index in [2.05, 4.69) is 12.2 Å². The molecule has 0 bridgehead atoms. The van der Waals surface area contributed by atoms with Crippen LogP contribution in [0.1, 0.15) is 43.7 Å². The van der Waals surface area contributed by atoms with Crippen LogP contribution in [0, 0.1) is 17.7 Å². The van der Waals surface area contributed by atoms with Crippen molar-refractivity contribution >= 4 is 11.8 Å². The van der Waals surface area contributed by atoms with E-state index in [1.54, 1.807) is 17.8 Å². The fourth-order valence-corrected chi connectivity index (χ4v) is 6.71. The molecule has 2 heterocycles. The van der Waals surface area contributed by atoms with Crippen LogP contribution >= 0.6 is 11.8 Å². The number of ether oxygens (including phenoxy) is 2. The Morgan fingerprint density at radius 2 is 2.20 bits per heavy atom. The third-order valence-electron chi connectivity index (χ3n) is 7.35. The molecule has 6 atom stereocenters. The van der Waals surface area contributed by atoms with Crippen LogP contribution in [-0.2, 0) is 17.6 Å². The Labute approximate surface area is 181 Å². The van der Waals surface area contributed by atoms with E-state index in [9.17, 15) is 14.6 Å². The monoisotopic (exact) mass is 435 g/mol. The predicted octanol–water partition coefficient (Wildman–Crippen LogP) is 3.12. The van der Waals surface area contributed by atoms with E-state index in [4.69, 9.17) is 9.47 Å². The predicted molar refractivity (Wildman–Crippen MR) is 114 cm³/mol. The first kappa shape index (κ1) is 20.6. The van der Waals surface area contributed by atoms with Crippen molar-refractivity contribution < 1.29 is 24.1 Å². The van der Waals surface area contributed by atoms with Crippen LogP contribution in [0.15, 0.2) is 23.2 Å². The first-order chi connectivity index (χ1) is 14.5. The average Bonchev–Trinajstić information content (AvgIpc) is 3.44. The third kappa shape index (κ3) is 3.53. The van der Waals surface area contributed by atoms with Crippen LogP contribution in [0.2, 0.25) is 0 Å². The zero-order chi connectivity index (χ0) is 20.9. The normalized spacial score (nSPS) is 37.5. The van der Waals surface area contributed by atoms with Crippen molar-refractivity contribution in [3.8, 4) is 5.75 Å². The maximum Gasteiger partial charge on any atom is 0.168 e. The molecule has 164 valence electrons. The van der Waals surface area contributed by atoms with Gasteiger partial charge in [-0.2, -0.15) is 0 Å². The lowest BCUT2D eigenvalue weighted by molar-refractivity contribution is -0.0951. The molecule has 5 nitrogen and oxygen atoms in total. The van der Waals surface area contributed by atoms with E-state index in [1.807, 2.05) is 11.5 Å². The number of rotatable bonds is 5. The van der Waals surface area contributed by atoms with Crippen LogP contribution in [0.4, 0.5) is 4.39 Å². The van der Waals surface area contributed by atoms with Gasteiger partial charge in [-0.3, -0.25) is 0 Å². The maximum atomic E-state index is 14.8. The quantitative estimate of drug-likeness (QED) is 0.660. The van der Waals surface area contributed by atoms with Gasteiger partial charge in [-0.05, 0) is 67.5 Å². The first-order valence-corrected chi connectivity index (χ1v) is 11.9. The molecule has 0 spiro atoms. The van der Waals surface area contributed by atoms with E-state index in [0.717, 1.165) is 48.9 Å². The minimum atomic E-state index is -0.501. The summed E-state index contributed by atoms with van der Waals surface area (Å²) in [6.45, 7) is 2.41. The summed E-state index contributed by atoms with van der Waals surface area (Å²) in [4.78, 5) is -0.296. The topological polar surface area (TPSA) is 71.0 Å². The first-order valence-electron chi connectivity index (χ1n) is 11.0. The SMILES string of the molecule is CC1([C@H]2CC[C@@H]3[C@@H](COc4ccc5c(c4F)CCC5)[C@H](O)C[C@@H]3O2)NC(CO)=CS1. The number of nitrogens with one attached hydrogen (secondary N) is 1. The van der Waals surface area contributed by atoms with E-state index < -0.39 is 6.10 Å². The van der Waals surface area contributed by atoms with Gasteiger partial charge in [-0.15, -0.1) is 11.8 Å². The highest BCUT2D eigenvalue weighted by Gasteiger charge is 2.51. The lowest BCUT2D eigenvalue weighted by atomic mass is 9.85. The molecule has 1 saturated heterocycles. The van der Waals surface area contributed by atoms with Crippen molar-refractivity contribution in [2.24, 2.45) is 11.8 Å². The van der Waals surface area contributed by atoms with Gasteiger partial charge in [-0.25, -0.2) is 4.39 Å². The van der Waals surface area contributed by atoms with Gasteiger partial charge in [0, 0.05) is 18.0 Å². The van der Waals surface area contributed by atoms with Crippen LogP contribution in [0.25, 0.3) is 0 Å². The second-order valence-corrected chi connectivity index (χ2v) is 10.5. The maximum absolute atomic E-state index is 14.8. The van der Waals surface area contributed by atoms with Crippen molar-refractivity contribution in [2.45, 2.75) is 68.6 Å². The molecule has 0 aromatic heterocycles. The Kier molecular flexibility index (Phi) is 5.50. The second kappa shape index (κ2) is 8.01. The van der Waals surface area contributed by atoms with Gasteiger partial charge in [0.15, 0.2) is 11.6 Å². The van der Waals surface area contributed by atoms with E-state index in [0.29, 0.717) is 18.8 Å². The molecule has 0 amide bonds. The molecule has 30 heavy (non-hydrogen) atoms. The second-order valence-electron chi connectivity index (χ2n) is 9.20. The third-order valence-corrected chi connectivity index (χ3v) is 8.60. The summed E-state index contributed by atoms with van der Waals surface area (Å²) in [7, 11) is 0. The molecular weight excluding hydrogens is 405 g/mol. The Bertz CT molecular complexity index is 849. The molecule has 3 N–H and O–H groups in total. The Hall–Kier alpha value is -1.28. The molecule has 5 rings (SSSR count). The number of hydrogen-bond donors (Lipinski definition) is 3. The number of fused-ring (bicyclic) bond motifs is 2. The van der Waals surface area contributed by atoms with E-state index in [1.165, 1.54) is 0 Å². The van der Waals surface area contributed by atoms with Crippen LogP contribution < -0.4 is 10.1 Å². The molecule has 1 aromatic carbocycles. The van der Waals surface area contributed by atoms with Crippen LogP contribution in [0.5, 0.6) is 5.75 Å². The minimum absolute atomic E-state index is 0.00125. The van der Waals surface area contributed by atoms with Crippen molar-refractivity contribution in [1.29, 1.82) is 0 Å². The number of aliphatic hydroxyl groups is 2. The smallest absolute Gasteiger partial charge is 0.168 e. The zero-order valence-electron chi connectivity index (χ0n) is 17.3. The molecule has 2 aliphatic carbocycles. The number of hydrogen-bond acceptors (Lipinski definition) is 6. The van der Waals surface area contributed by atoms with Gasteiger partial charge in [-0.1, -0.05) is 6.07 Å². The van der Waals surface area contributed by atoms with Crippen molar-refractivity contribution in [2.75, 3.05) is 13.2 Å². The molecule has 7 heteroatoms. The molecule has 4 aliphatic rings. The largest absolute Gasteiger partial charge is 0.490 e. The molecular formula is C23H30FNO4S. The highest BCUT2D eigenvalue weighted by atomic mass is 32.2. The Balaban J connectivity index is 1.22. The van der Waals surface area contributed by atoms with Gasteiger partial charge >= 0.3 is 0 Å². The number of aryl methyl sites for hydroxylation is 1. The highest BCUT2D eigenvalue weighted by Crippen LogP contribution is 2.47. The summed E-state index contributed by atoms with van der Waals surface area (Å²) < 4.78 is 27.1. The van der Waals surface area contributed by atoms with Gasteiger partial charge < -0.3 is 25.0 Å². The summed E-state index contributed by atoms with van der Waals surface area (Å²) in [6.07, 6.45) is 4.61. The van der Waals surface area contributed by atoms with E-state index >= 15 is 0 Å². The van der Waals surface area contributed by atoms with Gasteiger partial charge in [0.1, 0.15) is 4.87 Å². The highest BCUT2D eigenvalue weighted by molar-refractivity contribution is 8.03.